The van der Waals surface area contributed by atoms with E-state index < -0.39 is 0 Å². The molecule has 1 N–H and O–H groups in total. The van der Waals surface area contributed by atoms with Gasteiger partial charge in [0.1, 0.15) is 0 Å². The number of carbonyl (C=O) groups is 1. The van der Waals surface area contributed by atoms with E-state index in [1.165, 1.54) is 0 Å². The second kappa shape index (κ2) is 4.89. The quantitative estimate of drug-likeness (QED) is 0.916. The minimum absolute atomic E-state index is 0.0162. The minimum Gasteiger partial charge on any atom is -0.309 e. The number of rotatable bonds is 2. The molecule has 0 spiro atoms. The number of pyridine rings is 1. The van der Waals surface area contributed by atoms with Crippen molar-refractivity contribution < 1.29 is 4.79 Å². The first-order chi connectivity index (χ1) is 9.17. The number of nitrogens with one attached hydrogen (secondary N) is 1. The molecule has 0 saturated heterocycles. The Morgan fingerprint density at radius 1 is 1.35 bits per heavy atom. The van der Waals surface area contributed by atoms with Crippen molar-refractivity contribution in [2.24, 2.45) is 12.5 Å². The molecule has 0 bridgehead atoms. The smallest absolute Gasteiger partial charge is 0.226 e. The molecule has 0 aliphatic carbocycles. The lowest BCUT2D eigenvalue weighted by Crippen LogP contribution is -2.20. The highest BCUT2D eigenvalue weighted by atomic mass is 16.1. The fraction of sp³-hybridized carbons (Fsp3) is 0.533. The van der Waals surface area contributed by atoms with Crippen molar-refractivity contribution in [2.75, 3.05) is 5.32 Å². The molecule has 0 aliphatic rings. The van der Waals surface area contributed by atoms with Gasteiger partial charge in [0.2, 0.25) is 5.91 Å². The highest BCUT2D eigenvalue weighted by Gasteiger charge is 2.19. The van der Waals surface area contributed by atoms with Crippen molar-refractivity contribution in [1.82, 2.24) is 14.8 Å². The van der Waals surface area contributed by atoms with Gasteiger partial charge in [-0.3, -0.25) is 4.79 Å². The lowest BCUT2D eigenvalue weighted by Gasteiger charge is -2.16. The predicted octanol–water partition coefficient (Wildman–Crippen LogP) is 2.96. The third-order valence-electron chi connectivity index (χ3n) is 3.07. The maximum Gasteiger partial charge on any atom is 0.226 e. The molecule has 2 rings (SSSR count). The third-order valence-corrected chi connectivity index (χ3v) is 3.07. The fourth-order valence-corrected chi connectivity index (χ4v) is 2.34. The molecule has 108 valence electrons. The first kappa shape index (κ1) is 14.5. The van der Waals surface area contributed by atoms with Crippen LogP contribution in [0.5, 0.6) is 0 Å². The summed E-state index contributed by atoms with van der Waals surface area (Å²) in [7, 11) is 1.84. The average molecular weight is 274 g/mol. The molecule has 0 unspecified atom stereocenters. The van der Waals surface area contributed by atoms with E-state index >= 15 is 0 Å². The van der Waals surface area contributed by atoms with Crippen LogP contribution in [0, 0.1) is 19.3 Å². The number of aromatic nitrogens is 3. The number of carbonyl (C=O) groups excluding carboxylic acids is 1. The van der Waals surface area contributed by atoms with E-state index in [-0.39, 0.29) is 11.3 Å². The van der Waals surface area contributed by atoms with Crippen LogP contribution in [0.15, 0.2) is 6.07 Å². The van der Waals surface area contributed by atoms with Gasteiger partial charge in [0.15, 0.2) is 11.5 Å². The number of nitrogens with zero attached hydrogens (tertiary/aromatic N) is 3. The molecule has 0 atom stereocenters. The fourth-order valence-electron chi connectivity index (χ4n) is 2.34. The first-order valence-electron chi connectivity index (χ1n) is 6.78. The number of hydrogen-bond donors (Lipinski definition) is 1. The van der Waals surface area contributed by atoms with Gasteiger partial charge in [-0.05, 0) is 30.9 Å². The van der Waals surface area contributed by atoms with Gasteiger partial charge < -0.3 is 5.32 Å². The van der Waals surface area contributed by atoms with E-state index in [2.05, 4.69) is 15.4 Å². The van der Waals surface area contributed by atoms with Gasteiger partial charge >= 0.3 is 0 Å². The molecule has 2 aromatic heterocycles. The largest absolute Gasteiger partial charge is 0.309 e. The number of amides is 1. The Labute approximate surface area is 119 Å². The average Bonchev–Trinajstić information content (AvgIpc) is 2.52. The lowest BCUT2D eigenvalue weighted by atomic mass is 9.92. The van der Waals surface area contributed by atoms with Crippen molar-refractivity contribution >= 4 is 22.8 Å². The maximum atomic E-state index is 12.1. The van der Waals surface area contributed by atoms with E-state index in [0.717, 1.165) is 22.3 Å². The summed E-state index contributed by atoms with van der Waals surface area (Å²) < 4.78 is 1.71. The van der Waals surface area contributed by atoms with E-state index in [9.17, 15) is 4.79 Å². The van der Waals surface area contributed by atoms with Gasteiger partial charge in [-0.1, -0.05) is 20.8 Å². The zero-order valence-corrected chi connectivity index (χ0v) is 13.0. The number of hydrogen-bond acceptors (Lipinski definition) is 3. The maximum absolute atomic E-state index is 12.1. The molecule has 0 fully saturated rings. The second-order valence-corrected chi connectivity index (χ2v) is 6.54. The highest BCUT2D eigenvalue weighted by molar-refractivity contribution is 6.00. The normalized spacial score (nSPS) is 11.9. The Kier molecular flexibility index (Phi) is 3.54. The van der Waals surface area contributed by atoms with Crippen molar-refractivity contribution in [3.05, 3.63) is 17.3 Å². The van der Waals surface area contributed by atoms with Crippen molar-refractivity contribution in [1.29, 1.82) is 0 Å². The summed E-state index contributed by atoms with van der Waals surface area (Å²) >= 11 is 0. The van der Waals surface area contributed by atoms with Crippen LogP contribution < -0.4 is 5.32 Å². The Bertz CT molecular complexity index is 665. The van der Waals surface area contributed by atoms with E-state index in [1.807, 2.05) is 47.7 Å². The van der Waals surface area contributed by atoms with Gasteiger partial charge in [-0.2, -0.15) is 5.10 Å². The molecule has 5 heteroatoms. The van der Waals surface area contributed by atoms with Crippen LogP contribution in [0.1, 0.15) is 38.4 Å². The summed E-state index contributed by atoms with van der Waals surface area (Å²) in [4.78, 5) is 16.6. The molecule has 2 heterocycles. The molecule has 5 nitrogen and oxygen atoms in total. The third kappa shape index (κ3) is 2.98. The van der Waals surface area contributed by atoms with Gasteiger partial charge in [0.05, 0.1) is 5.39 Å². The molecule has 20 heavy (non-hydrogen) atoms. The summed E-state index contributed by atoms with van der Waals surface area (Å²) in [5.74, 6) is 0.583. The summed E-state index contributed by atoms with van der Waals surface area (Å²) in [5, 5.41) is 8.21. The molecule has 0 aromatic carbocycles. The predicted molar refractivity (Wildman–Crippen MR) is 80.7 cm³/mol. The summed E-state index contributed by atoms with van der Waals surface area (Å²) in [6.07, 6.45) is 0.462. The van der Waals surface area contributed by atoms with Crippen molar-refractivity contribution in [2.45, 2.75) is 41.0 Å². The van der Waals surface area contributed by atoms with Gasteiger partial charge in [-0.25, -0.2) is 9.67 Å². The van der Waals surface area contributed by atoms with Crippen LogP contribution in [0.2, 0.25) is 0 Å². The Balaban J connectivity index is 2.39. The van der Waals surface area contributed by atoms with Crippen molar-refractivity contribution in [3.8, 4) is 0 Å². The van der Waals surface area contributed by atoms with Crippen molar-refractivity contribution in [3.63, 3.8) is 0 Å². The van der Waals surface area contributed by atoms with Crippen LogP contribution in [0.25, 0.3) is 11.0 Å². The molecule has 0 saturated carbocycles. The monoisotopic (exact) mass is 274 g/mol. The van der Waals surface area contributed by atoms with Gasteiger partial charge in [-0.15, -0.1) is 0 Å². The van der Waals surface area contributed by atoms with Crippen LogP contribution in [0.3, 0.4) is 0 Å². The Morgan fingerprint density at radius 2 is 2.00 bits per heavy atom. The summed E-state index contributed by atoms with van der Waals surface area (Å²) in [6, 6.07) is 2.00. The second-order valence-electron chi connectivity index (χ2n) is 6.54. The molecule has 0 aliphatic heterocycles. The topological polar surface area (TPSA) is 59.8 Å². The zero-order chi connectivity index (χ0) is 15.1. The molecular formula is C15H22N4O. The molecule has 0 radical (unpaired) electrons. The lowest BCUT2D eigenvalue weighted by molar-refractivity contribution is -0.117. The summed E-state index contributed by atoms with van der Waals surface area (Å²) in [5.41, 5.74) is 2.78. The van der Waals surface area contributed by atoms with Crippen LogP contribution in [0.4, 0.5) is 5.82 Å². The van der Waals surface area contributed by atoms with E-state index in [0.29, 0.717) is 12.2 Å². The number of fused-ring (bicyclic) bond motifs is 1. The van der Waals surface area contributed by atoms with E-state index in [1.54, 1.807) is 4.68 Å². The Morgan fingerprint density at radius 3 is 2.60 bits per heavy atom. The number of aryl methyl sites for hydroxylation is 3. The molecule has 2 aromatic rings. The zero-order valence-electron chi connectivity index (χ0n) is 13.0. The standard InChI is InChI=1S/C15H22N4O/c1-9-7-10(2)16-14-12(9)13(18-19(14)6)17-11(20)8-15(3,4)5/h7H,8H2,1-6H3,(H,17,18,20). The van der Waals surface area contributed by atoms with Gasteiger partial charge in [0, 0.05) is 19.2 Å². The van der Waals surface area contributed by atoms with Crippen LogP contribution in [-0.2, 0) is 11.8 Å². The SMILES string of the molecule is Cc1cc(C)c2c(NC(=O)CC(C)(C)C)nn(C)c2n1. The first-order valence-corrected chi connectivity index (χ1v) is 6.78. The minimum atomic E-state index is -0.0431. The van der Waals surface area contributed by atoms with Gasteiger partial charge in [0.25, 0.3) is 0 Å². The van der Waals surface area contributed by atoms with Crippen LogP contribution in [-0.4, -0.2) is 20.7 Å². The van der Waals surface area contributed by atoms with E-state index in [4.69, 9.17) is 0 Å². The molecular weight excluding hydrogens is 252 g/mol. The summed E-state index contributed by atoms with van der Waals surface area (Å²) in [6.45, 7) is 10.1. The number of anilines is 1. The Hall–Kier alpha value is -1.91. The highest BCUT2D eigenvalue weighted by Crippen LogP contribution is 2.26. The van der Waals surface area contributed by atoms with Crippen LogP contribution >= 0.6 is 0 Å². The molecule has 1 amide bonds.